The molecule has 16 heteroatoms. The number of hydrogen-bond donors (Lipinski definition) is 0. The predicted molar refractivity (Wildman–Crippen MR) is 182 cm³/mol. The minimum atomic E-state index is -0.747. The second-order valence-electron chi connectivity index (χ2n) is 10.6. The van der Waals surface area contributed by atoms with Gasteiger partial charge in [-0.25, -0.2) is 19.2 Å². The fourth-order valence-electron chi connectivity index (χ4n) is 5.39. The summed E-state index contributed by atoms with van der Waals surface area (Å²) in [7, 11) is 3.58. The van der Waals surface area contributed by atoms with Gasteiger partial charge >= 0.3 is 23.9 Å². The van der Waals surface area contributed by atoms with Crippen LogP contribution in [0.1, 0.15) is 71.1 Å². The highest BCUT2D eigenvalue weighted by Crippen LogP contribution is 2.38. The number of nitrogens with zero attached hydrogens (tertiary/aromatic N) is 4. The van der Waals surface area contributed by atoms with Gasteiger partial charge < -0.3 is 18.9 Å². The van der Waals surface area contributed by atoms with E-state index in [2.05, 4.69) is 9.97 Å². The van der Waals surface area contributed by atoms with Crippen molar-refractivity contribution in [1.29, 1.82) is 0 Å². The van der Waals surface area contributed by atoms with Crippen LogP contribution in [-0.4, -0.2) is 71.6 Å². The monoisotopic (exact) mass is 702 g/mol. The van der Waals surface area contributed by atoms with E-state index in [0.717, 1.165) is 0 Å². The van der Waals surface area contributed by atoms with Crippen molar-refractivity contribution in [2.75, 3.05) is 27.9 Å². The number of aromatic nitrogens is 2. The lowest BCUT2D eigenvalue weighted by Crippen LogP contribution is -2.16. The molecule has 0 atom stereocenters. The molecule has 4 rings (SSSR count). The first-order valence-corrected chi connectivity index (χ1v) is 15.1. The highest BCUT2D eigenvalue weighted by molar-refractivity contribution is 6.09. The zero-order valence-electron chi connectivity index (χ0n) is 29.0. The van der Waals surface area contributed by atoms with E-state index in [1.165, 1.54) is 57.7 Å². The lowest BCUT2D eigenvalue weighted by Gasteiger charge is -2.17. The maximum absolute atomic E-state index is 12.5. The summed E-state index contributed by atoms with van der Waals surface area (Å²) in [6.07, 6.45) is 0. The highest BCUT2D eigenvalue weighted by atomic mass is 16.6. The van der Waals surface area contributed by atoms with E-state index in [0.29, 0.717) is 28.3 Å². The number of carbonyl (C=O) groups excluding carboxylic acids is 4. The minimum absolute atomic E-state index is 0.0113. The van der Waals surface area contributed by atoms with Gasteiger partial charge in [0.2, 0.25) is 0 Å². The summed E-state index contributed by atoms with van der Waals surface area (Å²) >= 11 is 0. The number of nitro groups is 2. The minimum Gasteiger partial charge on any atom is -0.465 e. The van der Waals surface area contributed by atoms with E-state index in [9.17, 15) is 39.4 Å². The molecule has 0 aliphatic heterocycles. The number of non-ortho nitro benzene ring substituents is 1. The maximum Gasteiger partial charge on any atom is 0.340 e. The van der Waals surface area contributed by atoms with Crippen molar-refractivity contribution in [3.8, 4) is 22.3 Å². The number of esters is 4. The Labute approximate surface area is 291 Å². The molecule has 0 unspecified atom stereocenters. The van der Waals surface area contributed by atoms with Gasteiger partial charge in [-0.3, -0.25) is 30.2 Å². The van der Waals surface area contributed by atoms with Crippen LogP contribution >= 0.6 is 0 Å². The number of pyridine rings is 2. The van der Waals surface area contributed by atoms with Crippen LogP contribution in [-0.2, 0) is 18.9 Å². The van der Waals surface area contributed by atoms with Crippen LogP contribution in [0.15, 0.2) is 48.5 Å². The Kier molecular flexibility index (Phi) is 12.7. The fourth-order valence-corrected chi connectivity index (χ4v) is 5.39. The van der Waals surface area contributed by atoms with Crippen molar-refractivity contribution in [3.05, 3.63) is 114 Å². The average molecular weight is 703 g/mol. The van der Waals surface area contributed by atoms with Crippen LogP contribution in [0, 0.1) is 47.9 Å². The first-order valence-electron chi connectivity index (χ1n) is 15.1. The van der Waals surface area contributed by atoms with Crippen molar-refractivity contribution in [3.63, 3.8) is 0 Å². The molecule has 0 saturated heterocycles. The van der Waals surface area contributed by atoms with Gasteiger partial charge in [0.1, 0.15) is 0 Å². The largest absolute Gasteiger partial charge is 0.465 e. The molecule has 0 fully saturated rings. The number of benzene rings is 2. The lowest BCUT2D eigenvalue weighted by atomic mass is 9.91. The normalized spacial score (nSPS) is 10.3. The van der Waals surface area contributed by atoms with Crippen LogP contribution in [0.2, 0.25) is 0 Å². The van der Waals surface area contributed by atoms with Crippen LogP contribution in [0.3, 0.4) is 0 Å². The molecule has 0 N–H and O–H groups in total. The molecule has 0 spiro atoms. The number of para-hydroxylation sites is 1. The Morgan fingerprint density at radius 1 is 0.627 bits per heavy atom. The molecule has 0 aliphatic carbocycles. The van der Waals surface area contributed by atoms with E-state index in [4.69, 9.17) is 18.9 Å². The fraction of sp³-hybridized carbons (Fsp3) is 0.257. The molecule has 0 radical (unpaired) electrons. The lowest BCUT2D eigenvalue weighted by molar-refractivity contribution is -0.384. The van der Waals surface area contributed by atoms with Crippen LogP contribution in [0.25, 0.3) is 22.3 Å². The van der Waals surface area contributed by atoms with Gasteiger partial charge in [-0.2, -0.15) is 0 Å². The first-order chi connectivity index (χ1) is 24.1. The topological polar surface area (TPSA) is 217 Å². The molecular weight excluding hydrogens is 668 g/mol. The third-order valence-corrected chi connectivity index (χ3v) is 7.48. The van der Waals surface area contributed by atoms with Crippen LogP contribution < -0.4 is 0 Å². The summed E-state index contributed by atoms with van der Waals surface area (Å²) in [5.41, 5.74) is 1.75. The second kappa shape index (κ2) is 16.7. The summed E-state index contributed by atoms with van der Waals surface area (Å²) in [4.78, 5) is 79.3. The van der Waals surface area contributed by atoms with E-state index in [1.807, 2.05) is 0 Å². The smallest absolute Gasteiger partial charge is 0.340 e. The van der Waals surface area contributed by atoms with Gasteiger partial charge in [0.25, 0.3) is 11.4 Å². The Bertz CT molecular complexity index is 2020. The van der Waals surface area contributed by atoms with Gasteiger partial charge in [-0.1, -0.05) is 24.3 Å². The quantitative estimate of drug-likeness (QED) is 0.0835. The van der Waals surface area contributed by atoms with E-state index in [1.54, 1.807) is 46.8 Å². The van der Waals surface area contributed by atoms with Crippen molar-refractivity contribution < 1.29 is 48.0 Å². The Hall–Kier alpha value is -6.58. The van der Waals surface area contributed by atoms with Gasteiger partial charge in [-0.15, -0.1) is 0 Å². The number of hydrogen-bond acceptors (Lipinski definition) is 14. The number of carbonyl (C=O) groups is 4. The van der Waals surface area contributed by atoms with Crippen molar-refractivity contribution in [2.45, 2.75) is 34.6 Å². The van der Waals surface area contributed by atoms with Crippen LogP contribution in [0.4, 0.5) is 11.4 Å². The molecule has 0 aliphatic rings. The molecule has 0 saturated carbocycles. The summed E-state index contributed by atoms with van der Waals surface area (Å²) in [5.74, 6) is -2.85. The maximum atomic E-state index is 12.5. The van der Waals surface area contributed by atoms with E-state index >= 15 is 0 Å². The summed E-state index contributed by atoms with van der Waals surface area (Å²) in [6, 6.07) is 11.5. The average Bonchev–Trinajstić information content (AvgIpc) is 3.10. The molecule has 266 valence electrons. The number of methoxy groups -OCH3 is 3. The first kappa shape index (κ1) is 38.9. The summed E-state index contributed by atoms with van der Waals surface area (Å²) < 4.78 is 19.5. The third kappa shape index (κ3) is 8.18. The number of ether oxygens (including phenoxy) is 4. The Morgan fingerprint density at radius 2 is 1.08 bits per heavy atom. The number of nitro benzene ring substituents is 2. The van der Waals surface area contributed by atoms with Gasteiger partial charge in [0, 0.05) is 29.3 Å². The molecule has 16 nitrogen and oxygen atoms in total. The summed E-state index contributed by atoms with van der Waals surface area (Å²) in [5, 5.41) is 22.5. The van der Waals surface area contributed by atoms with Crippen molar-refractivity contribution in [2.24, 2.45) is 0 Å². The Morgan fingerprint density at radius 3 is 1.51 bits per heavy atom. The third-order valence-electron chi connectivity index (χ3n) is 7.48. The zero-order valence-corrected chi connectivity index (χ0v) is 29.0. The zero-order chi connectivity index (χ0) is 38.2. The molecule has 2 heterocycles. The van der Waals surface area contributed by atoms with Crippen molar-refractivity contribution >= 4 is 35.3 Å². The molecular formula is C35H34N4O12. The standard InChI is InChI=1S/C18H18N2O6.C17H16N2O6/c1-5-26-18(22)15-11(3)19-10(2)14(17(21)25-4)16(15)12-7-6-8-13(9-12)20(23)24;1-9-13(16(20)24-3)15(14(10(2)18-9)17(21)25-4)11-7-5-6-8-12(11)19(22)23/h6-9H,5H2,1-4H3;5-8H,1-4H3. The second-order valence-corrected chi connectivity index (χ2v) is 10.6. The molecule has 0 bridgehead atoms. The van der Waals surface area contributed by atoms with E-state index in [-0.39, 0.29) is 56.9 Å². The predicted octanol–water partition coefficient (Wildman–Crippen LogP) is 6.08. The molecule has 2 aromatic heterocycles. The van der Waals surface area contributed by atoms with Gasteiger partial charge in [0.05, 0.1) is 88.4 Å². The molecule has 4 aromatic rings. The molecule has 0 amide bonds. The van der Waals surface area contributed by atoms with Crippen molar-refractivity contribution in [1.82, 2.24) is 9.97 Å². The molecule has 51 heavy (non-hydrogen) atoms. The SMILES string of the molecule is CCOC(=O)c1c(C)nc(C)c(C(=O)OC)c1-c1cccc([N+](=O)[O-])c1.COC(=O)c1c(C)nc(C)c(C(=O)OC)c1-c1ccccc1[N+](=O)[O-]. The summed E-state index contributed by atoms with van der Waals surface area (Å²) in [6.45, 7) is 8.14. The van der Waals surface area contributed by atoms with E-state index < -0.39 is 33.7 Å². The highest BCUT2D eigenvalue weighted by Gasteiger charge is 2.31. The molecule has 2 aromatic carbocycles. The Balaban J connectivity index is 0.000000276. The number of aryl methyl sites for hydroxylation is 4. The van der Waals surface area contributed by atoms with Gasteiger partial charge in [0.15, 0.2) is 0 Å². The number of rotatable bonds is 9. The van der Waals surface area contributed by atoms with Gasteiger partial charge in [-0.05, 0) is 46.2 Å². The van der Waals surface area contributed by atoms with Crippen LogP contribution in [0.5, 0.6) is 0 Å².